The van der Waals surface area contributed by atoms with Crippen LogP contribution in [-0.4, -0.2) is 32.7 Å². The van der Waals surface area contributed by atoms with E-state index in [4.69, 9.17) is 0 Å². The summed E-state index contributed by atoms with van der Waals surface area (Å²) in [5.41, 5.74) is -1.40. The topological polar surface area (TPSA) is 127 Å². The van der Waals surface area contributed by atoms with Crippen molar-refractivity contribution in [3.8, 4) is 0 Å². The molecule has 2 aromatic carbocycles. The van der Waals surface area contributed by atoms with E-state index in [0.717, 1.165) is 35.2 Å². The average molecular weight is 483 g/mol. The third-order valence-corrected chi connectivity index (χ3v) is 5.74. The van der Waals surface area contributed by atoms with Crippen molar-refractivity contribution in [2.24, 2.45) is 0 Å². The van der Waals surface area contributed by atoms with Gasteiger partial charge in [0.05, 0.1) is 16.2 Å². The fourth-order valence-electron chi connectivity index (χ4n) is 2.41. The molecule has 0 aliphatic heterocycles. The first-order valence-electron chi connectivity index (χ1n) is 8.61. The molecule has 0 saturated heterocycles. The molecular weight excluding hydrogens is 471 g/mol. The Morgan fingerprint density at radius 1 is 1.09 bits per heavy atom. The van der Waals surface area contributed by atoms with Crippen LogP contribution in [0.1, 0.15) is 15.9 Å². The zero-order valence-corrected chi connectivity index (χ0v) is 17.4. The van der Waals surface area contributed by atoms with Gasteiger partial charge in [0.25, 0.3) is 11.6 Å². The maximum atomic E-state index is 12.7. The lowest BCUT2D eigenvalue weighted by atomic mass is 10.1. The van der Waals surface area contributed by atoms with Crippen molar-refractivity contribution < 1.29 is 27.7 Å². The maximum absolute atomic E-state index is 12.7. The minimum absolute atomic E-state index is 0.0000894. The van der Waals surface area contributed by atoms with Crippen LogP contribution in [0.2, 0.25) is 0 Å². The summed E-state index contributed by atoms with van der Waals surface area (Å²) in [6.45, 7) is 0. The van der Waals surface area contributed by atoms with Crippen molar-refractivity contribution in [3.63, 3.8) is 0 Å². The number of halogens is 3. The van der Waals surface area contributed by atoms with E-state index < -0.39 is 28.5 Å². The first-order valence-corrected chi connectivity index (χ1v) is 10.4. The summed E-state index contributed by atoms with van der Waals surface area (Å²) in [5.74, 6) is -1.47. The number of carbonyl (C=O) groups excluding carboxylic acids is 2. The molecule has 3 aromatic rings. The van der Waals surface area contributed by atoms with E-state index in [2.05, 4.69) is 20.8 Å². The number of amides is 2. The number of aromatic nitrogens is 2. The highest BCUT2D eigenvalue weighted by Gasteiger charge is 2.30. The monoisotopic (exact) mass is 483 g/mol. The number of nitro benzene ring substituents is 1. The number of benzene rings is 2. The van der Waals surface area contributed by atoms with Gasteiger partial charge in [0.1, 0.15) is 5.56 Å². The molecule has 14 heteroatoms. The molecule has 0 bridgehead atoms. The van der Waals surface area contributed by atoms with Crippen molar-refractivity contribution in [1.82, 2.24) is 10.2 Å². The minimum atomic E-state index is -4.52. The Kier molecular flexibility index (Phi) is 7.05. The van der Waals surface area contributed by atoms with Crippen LogP contribution in [0.3, 0.4) is 0 Å². The number of nitro groups is 1. The van der Waals surface area contributed by atoms with Crippen LogP contribution in [0.5, 0.6) is 0 Å². The lowest BCUT2D eigenvalue weighted by molar-refractivity contribution is -0.385. The minimum Gasteiger partial charge on any atom is -0.325 e. The Morgan fingerprint density at radius 3 is 2.56 bits per heavy atom. The van der Waals surface area contributed by atoms with Crippen LogP contribution in [0.4, 0.5) is 29.7 Å². The maximum Gasteiger partial charge on any atom is 0.416 e. The summed E-state index contributed by atoms with van der Waals surface area (Å²) < 4.78 is 38.5. The summed E-state index contributed by atoms with van der Waals surface area (Å²) in [6, 6.07) is 9.63. The Morgan fingerprint density at radius 2 is 1.84 bits per heavy atom. The van der Waals surface area contributed by atoms with Gasteiger partial charge in [-0.2, -0.15) is 13.2 Å². The fourth-order valence-corrected chi connectivity index (χ4v) is 3.95. The first-order chi connectivity index (χ1) is 15.1. The molecule has 0 aliphatic rings. The Balaban J connectivity index is 1.56. The van der Waals surface area contributed by atoms with Crippen molar-refractivity contribution in [2.75, 3.05) is 16.4 Å². The summed E-state index contributed by atoms with van der Waals surface area (Å²) in [5, 5.41) is 23.4. The Labute approximate surface area is 186 Å². The fraction of sp³-hybridized carbons (Fsp3) is 0.111. The number of rotatable bonds is 7. The molecule has 0 saturated carbocycles. The van der Waals surface area contributed by atoms with E-state index in [0.29, 0.717) is 4.34 Å². The van der Waals surface area contributed by atoms with Gasteiger partial charge in [0.15, 0.2) is 4.34 Å². The van der Waals surface area contributed by atoms with Gasteiger partial charge in [-0.1, -0.05) is 41.3 Å². The van der Waals surface area contributed by atoms with Crippen LogP contribution in [0, 0.1) is 10.1 Å². The van der Waals surface area contributed by atoms with Gasteiger partial charge in [-0.05, 0) is 24.3 Å². The number of para-hydroxylation sites is 1. The van der Waals surface area contributed by atoms with E-state index in [-0.39, 0.29) is 27.8 Å². The molecule has 0 unspecified atom stereocenters. The normalized spacial score (nSPS) is 11.1. The number of thioether (sulfide) groups is 1. The largest absolute Gasteiger partial charge is 0.416 e. The zero-order valence-electron chi connectivity index (χ0n) is 15.8. The summed E-state index contributed by atoms with van der Waals surface area (Å²) in [6.07, 6.45) is -4.52. The van der Waals surface area contributed by atoms with Gasteiger partial charge in [0, 0.05) is 11.8 Å². The molecular formula is C18H12F3N5O4S2. The second-order valence-electron chi connectivity index (χ2n) is 6.02. The molecule has 2 N–H and O–H groups in total. The number of nitrogens with one attached hydrogen (secondary N) is 2. The lowest BCUT2D eigenvalue weighted by Gasteiger charge is -2.09. The lowest BCUT2D eigenvalue weighted by Crippen LogP contribution is -2.15. The van der Waals surface area contributed by atoms with Gasteiger partial charge >= 0.3 is 6.18 Å². The smallest absolute Gasteiger partial charge is 0.325 e. The highest BCUT2D eigenvalue weighted by Crippen LogP contribution is 2.31. The van der Waals surface area contributed by atoms with Gasteiger partial charge in [0.2, 0.25) is 11.0 Å². The average Bonchev–Trinajstić information content (AvgIpc) is 3.19. The molecule has 3 rings (SSSR count). The van der Waals surface area contributed by atoms with Crippen LogP contribution in [-0.2, 0) is 11.0 Å². The molecule has 1 heterocycles. The summed E-state index contributed by atoms with van der Waals surface area (Å²) in [7, 11) is 0. The van der Waals surface area contributed by atoms with Crippen molar-refractivity contribution in [1.29, 1.82) is 0 Å². The quantitative estimate of drug-likeness (QED) is 0.220. The molecule has 9 nitrogen and oxygen atoms in total. The number of nitrogens with zero attached hydrogens (tertiary/aromatic N) is 3. The van der Waals surface area contributed by atoms with Crippen LogP contribution >= 0.6 is 23.1 Å². The van der Waals surface area contributed by atoms with E-state index in [1.165, 1.54) is 36.4 Å². The molecule has 2 amide bonds. The molecule has 1 aromatic heterocycles. The van der Waals surface area contributed by atoms with Crippen LogP contribution in [0.25, 0.3) is 0 Å². The molecule has 166 valence electrons. The SMILES string of the molecule is O=C(CSc1nnc(NC(=O)c2ccccc2[N+](=O)[O-])s1)Nc1cccc(C(F)(F)F)c1. The van der Waals surface area contributed by atoms with Crippen molar-refractivity contribution in [2.45, 2.75) is 10.5 Å². The van der Waals surface area contributed by atoms with Crippen LogP contribution in [0.15, 0.2) is 52.9 Å². The Hall–Kier alpha value is -3.52. The van der Waals surface area contributed by atoms with Gasteiger partial charge in [-0.15, -0.1) is 10.2 Å². The number of hydrogen-bond acceptors (Lipinski definition) is 8. The molecule has 0 radical (unpaired) electrons. The third kappa shape index (κ3) is 6.01. The van der Waals surface area contributed by atoms with Gasteiger partial charge in [-0.3, -0.25) is 25.0 Å². The van der Waals surface area contributed by atoms with Crippen molar-refractivity contribution >= 4 is 51.4 Å². The molecule has 32 heavy (non-hydrogen) atoms. The number of anilines is 2. The molecule has 0 aliphatic carbocycles. The second kappa shape index (κ2) is 9.74. The predicted molar refractivity (Wildman–Crippen MR) is 112 cm³/mol. The molecule has 0 fully saturated rings. The van der Waals surface area contributed by atoms with E-state index in [1.54, 1.807) is 0 Å². The van der Waals surface area contributed by atoms with E-state index >= 15 is 0 Å². The van der Waals surface area contributed by atoms with Crippen molar-refractivity contribution in [3.05, 3.63) is 69.8 Å². The highest BCUT2D eigenvalue weighted by molar-refractivity contribution is 8.01. The Bertz CT molecular complexity index is 1170. The molecule has 0 spiro atoms. The number of carbonyl (C=O) groups is 2. The predicted octanol–water partition coefficient (Wildman–Crippen LogP) is 4.45. The number of hydrogen-bond donors (Lipinski definition) is 2. The van der Waals surface area contributed by atoms with Gasteiger partial charge < -0.3 is 5.32 Å². The first kappa shape index (κ1) is 23.1. The third-order valence-electron chi connectivity index (χ3n) is 3.77. The second-order valence-corrected chi connectivity index (χ2v) is 8.22. The van der Waals surface area contributed by atoms with E-state index in [1.807, 2.05) is 0 Å². The standard InChI is InChI=1S/C18H12F3N5O4S2/c19-18(20,21)10-4-3-5-11(8-10)22-14(27)9-31-17-25-24-16(32-17)23-15(28)12-6-1-2-7-13(12)26(29)30/h1-8H,9H2,(H,22,27)(H,23,24,28). The summed E-state index contributed by atoms with van der Waals surface area (Å²) in [4.78, 5) is 34.7. The van der Waals surface area contributed by atoms with Gasteiger partial charge in [-0.25, -0.2) is 0 Å². The summed E-state index contributed by atoms with van der Waals surface area (Å²) >= 11 is 1.89. The van der Waals surface area contributed by atoms with Crippen LogP contribution < -0.4 is 10.6 Å². The number of alkyl halides is 3. The van der Waals surface area contributed by atoms with E-state index in [9.17, 15) is 32.9 Å². The molecule has 0 atom stereocenters. The zero-order chi connectivity index (χ0) is 23.3. The highest BCUT2D eigenvalue weighted by atomic mass is 32.2.